The quantitative estimate of drug-likeness (QED) is 0.523. The van der Waals surface area contributed by atoms with E-state index in [9.17, 15) is 9.59 Å². The summed E-state index contributed by atoms with van der Waals surface area (Å²) in [6.07, 6.45) is 5.68. The Hall–Kier alpha value is -2.75. The van der Waals surface area contributed by atoms with Crippen molar-refractivity contribution in [3.63, 3.8) is 0 Å². The van der Waals surface area contributed by atoms with Gasteiger partial charge in [-0.15, -0.1) is 0 Å². The summed E-state index contributed by atoms with van der Waals surface area (Å²) in [5.41, 5.74) is 5.05. The molecule has 26 heavy (non-hydrogen) atoms. The molecule has 1 aromatic carbocycles. The van der Waals surface area contributed by atoms with E-state index in [0.717, 1.165) is 59.0 Å². The SMILES string of the molecule is CC(C)n1cc2c3c(nc4c(c3c1=O)CCCC4)-c1ccccc1C2=O. The maximum absolute atomic E-state index is 13.3. The van der Waals surface area contributed by atoms with Crippen molar-refractivity contribution in [2.24, 2.45) is 0 Å². The van der Waals surface area contributed by atoms with Crippen LogP contribution in [0.5, 0.6) is 0 Å². The molecule has 0 atom stereocenters. The molecule has 0 N–H and O–H groups in total. The molecule has 0 aliphatic heterocycles. The van der Waals surface area contributed by atoms with E-state index in [4.69, 9.17) is 4.98 Å². The van der Waals surface area contributed by atoms with Gasteiger partial charge < -0.3 is 4.57 Å². The van der Waals surface area contributed by atoms with Crippen LogP contribution in [-0.4, -0.2) is 15.3 Å². The minimum atomic E-state index is -0.00920. The van der Waals surface area contributed by atoms with Gasteiger partial charge in [-0.3, -0.25) is 14.6 Å². The van der Waals surface area contributed by atoms with Crippen LogP contribution >= 0.6 is 0 Å². The Balaban J connectivity index is 2.04. The molecule has 2 aliphatic carbocycles. The Morgan fingerprint density at radius 1 is 0.962 bits per heavy atom. The lowest BCUT2D eigenvalue weighted by Crippen LogP contribution is -2.27. The van der Waals surface area contributed by atoms with Gasteiger partial charge in [0.15, 0.2) is 5.78 Å². The fourth-order valence-corrected chi connectivity index (χ4v) is 4.42. The first-order chi connectivity index (χ1) is 12.6. The fourth-order valence-electron chi connectivity index (χ4n) is 4.42. The number of hydrogen-bond acceptors (Lipinski definition) is 3. The number of aryl methyl sites for hydroxylation is 2. The second-order valence-electron chi connectivity index (χ2n) is 7.57. The van der Waals surface area contributed by atoms with Crippen molar-refractivity contribution >= 4 is 16.6 Å². The average Bonchev–Trinajstić information content (AvgIpc) is 2.66. The number of rotatable bonds is 1. The number of aromatic nitrogens is 2. The number of carbonyl (C=O) groups excluding carboxylic acids is 1. The van der Waals surface area contributed by atoms with Crippen molar-refractivity contribution in [3.8, 4) is 11.3 Å². The predicted molar refractivity (Wildman–Crippen MR) is 102 cm³/mol. The molecular weight excluding hydrogens is 324 g/mol. The molecule has 2 heterocycles. The number of hydrogen-bond donors (Lipinski definition) is 0. The van der Waals surface area contributed by atoms with Crippen LogP contribution in [-0.2, 0) is 12.8 Å². The van der Waals surface area contributed by atoms with Gasteiger partial charge in [0.2, 0.25) is 0 Å². The maximum Gasteiger partial charge on any atom is 0.259 e. The standard InChI is InChI=1S/C22H20N2O2/c1-12(2)24-11-16-18-19(22(24)26)15-9-5-6-10-17(15)23-20(18)13-7-3-4-8-14(13)21(16)25/h3-4,7-8,11-12H,5-6,9-10H2,1-2H3. The van der Waals surface area contributed by atoms with Gasteiger partial charge in [0, 0.05) is 40.0 Å². The lowest BCUT2D eigenvalue weighted by Gasteiger charge is -2.25. The first-order valence-corrected chi connectivity index (χ1v) is 9.32. The van der Waals surface area contributed by atoms with Gasteiger partial charge in [-0.2, -0.15) is 0 Å². The average molecular weight is 344 g/mol. The van der Waals surface area contributed by atoms with Crippen molar-refractivity contribution in [1.29, 1.82) is 0 Å². The highest BCUT2D eigenvalue weighted by atomic mass is 16.1. The molecule has 0 radical (unpaired) electrons. The first kappa shape index (κ1) is 15.5. The van der Waals surface area contributed by atoms with E-state index in [1.165, 1.54) is 0 Å². The second kappa shape index (κ2) is 5.37. The third-order valence-electron chi connectivity index (χ3n) is 5.69. The molecule has 2 aromatic heterocycles. The third kappa shape index (κ3) is 1.93. The highest BCUT2D eigenvalue weighted by Gasteiger charge is 2.31. The normalized spacial score (nSPS) is 15.3. The van der Waals surface area contributed by atoms with Crippen LogP contribution in [0.3, 0.4) is 0 Å². The molecule has 0 spiro atoms. The molecular formula is C22H20N2O2. The second-order valence-corrected chi connectivity index (χ2v) is 7.57. The van der Waals surface area contributed by atoms with E-state index in [-0.39, 0.29) is 17.4 Å². The topological polar surface area (TPSA) is 52.0 Å². The van der Waals surface area contributed by atoms with Crippen LogP contribution in [0.4, 0.5) is 0 Å². The number of benzene rings is 1. The summed E-state index contributed by atoms with van der Waals surface area (Å²) in [6.45, 7) is 3.96. The molecule has 0 bridgehead atoms. The Labute approximate surface area is 151 Å². The molecule has 4 heteroatoms. The highest BCUT2D eigenvalue weighted by molar-refractivity contribution is 6.25. The Morgan fingerprint density at radius 3 is 2.46 bits per heavy atom. The number of carbonyl (C=O) groups is 1. The molecule has 0 unspecified atom stereocenters. The summed E-state index contributed by atoms with van der Waals surface area (Å²) in [6, 6.07) is 7.62. The van der Waals surface area contributed by atoms with Crippen molar-refractivity contribution in [3.05, 3.63) is 63.2 Å². The third-order valence-corrected chi connectivity index (χ3v) is 5.69. The van der Waals surface area contributed by atoms with E-state index in [0.29, 0.717) is 11.1 Å². The van der Waals surface area contributed by atoms with E-state index in [2.05, 4.69) is 0 Å². The van der Waals surface area contributed by atoms with Crippen LogP contribution in [0, 0.1) is 0 Å². The Bertz CT molecular complexity index is 1150. The van der Waals surface area contributed by atoms with E-state index in [1.807, 2.05) is 38.1 Å². The number of nitrogens with zero attached hydrogens (tertiary/aromatic N) is 2. The zero-order chi connectivity index (χ0) is 18.0. The van der Waals surface area contributed by atoms with Crippen molar-refractivity contribution in [2.75, 3.05) is 0 Å². The number of fused-ring (bicyclic) bond motifs is 4. The zero-order valence-corrected chi connectivity index (χ0v) is 15.0. The van der Waals surface area contributed by atoms with Crippen LogP contribution in [0.25, 0.3) is 22.0 Å². The van der Waals surface area contributed by atoms with Gasteiger partial charge in [0.25, 0.3) is 5.56 Å². The molecule has 0 saturated carbocycles. The molecule has 4 nitrogen and oxygen atoms in total. The van der Waals surface area contributed by atoms with Crippen molar-refractivity contribution in [1.82, 2.24) is 9.55 Å². The summed E-state index contributed by atoms with van der Waals surface area (Å²) in [4.78, 5) is 31.5. The summed E-state index contributed by atoms with van der Waals surface area (Å²) in [7, 11) is 0. The molecule has 0 amide bonds. The molecule has 3 aromatic rings. The van der Waals surface area contributed by atoms with Gasteiger partial charge in [-0.05, 0) is 45.1 Å². The van der Waals surface area contributed by atoms with E-state index < -0.39 is 0 Å². The maximum atomic E-state index is 13.3. The Morgan fingerprint density at radius 2 is 1.69 bits per heavy atom. The van der Waals surface area contributed by atoms with E-state index in [1.54, 1.807) is 10.8 Å². The van der Waals surface area contributed by atoms with Gasteiger partial charge in [0.1, 0.15) is 0 Å². The van der Waals surface area contributed by atoms with E-state index >= 15 is 0 Å². The molecule has 5 rings (SSSR count). The monoisotopic (exact) mass is 344 g/mol. The lowest BCUT2D eigenvalue weighted by molar-refractivity contribution is 0.103. The smallest absolute Gasteiger partial charge is 0.259 e. The highest BCUT2D eigenvalue weighted by Crippen LogP contribution is 2.40. The van der Waals surface area contributed by atoms with Crippen molar-refractivity contribution in [2.45, 2.75) is 45.6 Å². The van der Waals surface area contributed by atoms with Crippen LogP contribution in [0.1, 0.15) is 59.9 Å². The first-order valence-electron chi connectivity index (χ1n) is 9.32. The summed E-state index contributed by atoms with van der Waals surface area (Å²) in [5, 5.41) is 1.48. The molecule has 0 fully saturated rings. The van der Waals surface area contributed by atoms with Crippen LogP contribution < -0.4 is 5.56 Å². The minimum absolute atomic E-state index is 0.00368. The fraction of sp³-hybridized carbons (Fsp3) is 0.318. The van der Waals surface area contributed by atoms with Gasteiger partial charge in [-0.1, -0.05) is 24.3 Å². The summed E-state index contributed by atoms with van der Waals surface area (Å²) >= 11 is 0. The van der Waals surface area contributed by atoms with Gasteiger partial charge >= 0.3 is 0 Å². The van der Waals surface area contributed by atoms with Crippen LogP contribution in [0.2, 0.25) is 0 Å². The molecule has 2 aliphatic rings. The minimum Gasteiger partial charge on any atom is -0.312 e. The van der Waals surface area contributed by atoms with Crippen LogP contribution in [0.15, 0.2) is 35.3 Å². The predicted octanol–water partition coefficient (Wildman–Crippen LogP) is 4.07. The number of ketones is 1. The summed E-state index contributed by atoms with van der Waals surface area (Å²) < 4.78 is 1.71. The van der Waals surface area contributed by atoms with Gasteiger partial charge in [-0.25, -0.2) is 0 Å². The largest absolute Gasteiger partial charge is 0.312 e. The Kier molecular flexibility index (Phi) is 3.20. The molecule has 130 valence electrons. The lowest BCUT2D eigenvalue weighted by atomic mass is 9.83. The summed E-state index contributed by atoms with van der Waals surface area (Å²) in [5.74, 6) is -0.00920. The molecule has 0 saturated heterocycles. The zero-order valence-electron chi connectivity index (χ0n) is 15.0. The van der Waals surface area contributed by atoms with Gasteiger partial charge in [0.05, 0.1) is 11.1 Å². The van der Waals surface area contributed by atoms with Crippen molar-refractivity contribution < 1.29 is 4.79 Å². The number of pyridine rings is 2.